The van der Waals surface area contributed by atoms with Crippen LogP contribution in [0.4, 0.5) is 0 Å². The Morgan fingerprint density at radius 1 is 1.40 bits per heavy atom. The van der Waals surface area contributed by atoms with Gasteiger partial charge in [-0.05, 0) is 32.1 Å². The molecule has 4 heteroatoms. The van der Waals surface area contributed by atoms with Crippen LogP contribution in [0.15, 0.2) is 4.52 Å². The summed E-state index contributed by atoms with van der Waals surface area (Å²) in [6.07, 6.45) is 4.91. The topological polar surface area (TPSA) is 59.2 Å². The summed E-state index contributed by atoms with van der Waals surface area (Å²) in [4.78, 5) is 4.44. The Bertz CT molecular complexity index is 370. The molecule has 2 atom stereocenters. The molecule has 0 amide bonds. The van der Waals surface area contributed by atoms with E-state index in [1.165, 1.54) is 0 Å². The van der Waals surface area contributed by atoms with E-state index >= 15 is 0 Å². The summed E-state index contributed by atoms with van der Waals surface area (Å²) in [6.45, 7) is 2.16. The van der Waals surface area contributed by atoms with Crippen LogP contribution in [-0.4, -0.2) is 21.4 Å². The van der Waals surface area contributed by atoms with Crippen molar-refractivity contribution in [3.8, 4) is 0 Å². The normalized spacial score (nSPS) is 33.2. The van der Waals surface area contributed by atoms with Crippen LogP contribution >= 0.6 is 0 Å². The summed E-state index contributed by atoms with van der Waals surface area (Å²) in [5, 5.41) is 13.8. The lowest BCUT2D eigenvalue weighted by atomic mass is 10.1. The van der Waals surface area contributed by atoms with Crippen molar-refractivity contribution in [2.45, 2.75) is 56.5 Å². The first-order chi connectivity index (χ1) is 7.19. The SMILES string of the molecule is CC1(c2noc(C3CCCC3O)n2)CC1. The molecule has 0 bridgehead atoms. The number of hydrogen-bond donors (Lipinski definition) is 1. The third-order valence-corrected chi connectivity index (χ3v) is 3.78. The maximum atomic E-state index is 9.74. The van der Waals surface area contributed by atoms with Gasteiger partial charge in [-0.1, -0.05) is 12.1 Å². The summed E-state index contributed by atoms with van der Waals surface area (Å²) in [5.41, 5.74) is 0.158. The highest BCUT2D eigenvalue weighted by molar-refractivity contribution is 5.15. The third kappa shape index (κ3) is 1.47. The molecular formula is C11H16N2O2. The van der Waals surface area contributed by atoms with Crippen LogP contribution in [-0.2, 0) is 5.41 Å². The maximum Gasteiger partial charge on any atom is 0.232 e. The molecule has 0 radical (unpaired) electrons. The fraction of sp³-hybridized carbons (Fsp3) is 0.818. The average Bonchev–Trinajstić information content (AvgIpc) is 2.70. The van der Waals surface area contributed by atoms with E-state index in [1.54, 1.807) is 0 Å². The fourth-order valence-electron chi connectivity index (χ4n) is 2.27. The molecule has 15 heavy (non-hydrogen) atoms. The molecule has 2 aliphatic rings. The third-order valence-electron chi connectivity index (χ3n) is 3.78. The minimum Gasteiger partial charge on any atom is -0.392 e. The summed E-state index contributed by atoms with van der Waals surface area (Å²) in [7, 11) is 0. The summed E-state index contributed by atoms with van der Waals surface area (Å²) >= 11 is 0. The van der Waals surface area contributed by atoms with Crippen LogP contribution in [0, 0.1) is 0 Å². The largest absolute Gasteiger partial charge is 0.392 e. The molecule has 0 spiro atoms. The predicted molar refractivity (Wildman–Crippen MR) is 53.5 cm³/mol. The average molecular weight is 208 g/mol. The Labute approximate surface area is 88.7 Å². The van der Waals surface area contributed by atoms with Crippen molar-refractivity contribution in [1.82, 2.24) is 10.1 Å². The van der Waals surface area contributed by atoms with E-state index < -0.39 is 0 Å². The highest BCUT2D eigenvalue weighted by Crippen LogP contribution is 2.46. The molecule has 3 rings (SSSR count). The molecule has 2 aliphatic carbocycles. The van der Waals surface area contributed by atoms with Crippen LogP contribution in [0.25, 0.3) is 0 Å². The van der Waals surface area contributed by atoms with E-state index in [1.807, 2.05) is 0 Å². The van der Waals surface area contributed by atoms with Gasteiger partial charge >= 0.3 is 0 Å². The van der Waals surface area contributed by atoms with Gasteiger partial charge in [0.05, 0.1) is 12.0 Å². The standard InChI is InChI=1S/C11H16N2O2/c1-11(5-6-11)10-12-9(15-13-10)7-3-2-4-8(7)14/h7-8,14H,2-6H2,1H3. The van der Waals surface area contributed by atoms with Crippen molar-refractivity contribution in [1.29, 1.82) is 0 Å². The molecule has 1 N–H and O–H groups in total. The van der Waals surface area contributed by atoms with E-state index in [2.05, 4.69) is 17.1 Å². The highest BCUT2D eigenvalue weighted by Gasteiger charge is 2.44. The molecule has 2 unspecified atom stereocenters. The van der Waals surface area contributed by atoms with Gasteiger partial charge in [0.1, 0.15) is 0 Å². The Kier molecular flexibility index (Phi) is 1.89. The quantitative estimate of drug-likeness (QED) is 0.804. The van der Waals surface area contributed by atoms with E-state index in [4.69, 9.17) is 4.52 Å². The van der Waals surface area contributed by atoms with Crippen molar-refractivity contribution < 1.29 is 9.63 Å². The second-order valence-electron chi connectivity index (χ2n) is 5.12. The van der Waals surface area contributed by atoms with Crippen molar-refractivity contribution >= 4 is 0 Å². The van der Waals surface area contributed by atoms with Gasteiger partial charge in [0.15, 0.2) is 5.82 Å². The van der Waals surface area contributed by atoms with Crippen LogP contribution < -0.4 is 0 Å². The molecule has 0 aromatic carbocycles. The number of aromatic nitrogens is 2. The van der Waals surface area contributed by atoms with Crippen molar-refractivity contribution in [3.05, 3.63) is 11.7 Å². The molecule has 1 heterocycles. The monoisotopic (exact) mass is 208 g/mol. The van der Waals surface area contributed by atoms with Gasteiger partial charge in [0.25, 0.3) is 0 Å². The fourth-order valence-corrected chi connectivity index (χ4v) is 2.27. The first-order valence-corrected chi connectivity index (χ1v) is 5.71. The van der Waals surface area contributed by atoms with Gasteiger partial charge in [-0.15, -0.1) is 0 Å². The Hall–Kier alpha value is -0.900. The van der Waals surface area contributed by atoms with Gasteiger partial charge < -0.3 is 9.63 Å². The Morgan fingerprint density at radius 2 is 2.20 bits per heavy atom. The molecule has 82 valence electrons. The zero-order chi connectivity index (χ0) is 10.5. The number of aliphatic hydroxyl groups excluding tert-OH is 1. The molecule has 2 fully saturated rings. The second-order valence-corrected chi connectivity index (χ2v) is 5.12. The van der Waals surface area contributed by atoms with Crippen molar-refractivity contribution in [2.24, 2.45) is 0 Å². The van der Waals surface area contributed by atoms with Crippen molar-refractivity contribution in [3.63, 3.8) is 0 Å². The number of aliphatic hydroxyl groups is 1. The van der Waals surface area contributed by atoms with Crippen LogP contribution in [0.3, 0.4) is 0 Å². The first kappa shape index (κ1) is 9.33. The molecular weight excluding hydrogens is 192 g/mol. The summed E-state index contributed by atoms with van der Waals surface area (Å²) in [5.74, 6) is 1.55. The van der Waals surface area contributed by atoms with E-state index in [0.29, 0.717) is 5.89 Å². The highest BCUT2D eigenvalue weighted by atomic mass is 16.5. The lowest BCUT2D eigenvalue weighted by molar-refractivity contribution is 0.148. The Balaban J connectivity index is 1.84. The van der Waals surface area contributed by atoms with E-state index in [-0.39, 0.29) is 17.4 Å². The van der Waals surface area contributed by atoms with Gasteiger partial charge in [0.2, 0.25) is 5.89 Å². The van der Waals surface area contributed by atoms with Crippen LogP contribution in [0.2, 0.25) is 0 Å². The molecule has 1 aromatic heterocycles. The van der Waals surface area contributed by atoms with Gasteiger partial charge in [-0.2, -0.15) is 4.98 Å². The molecule has 1 aromatic rings. The lowest BCUT2D eigenvalue weighted by Gasteiger charge is -2.07. The number of rotatable bonds is 2. The summed E-state index contributed by atoms with van der Waals surface area (Å²) in [6, 6.07) is 0. The first-order valence-electron chi connectivity index (χ1n) is 5.71. The molecule has 0 saturated heterocycles. The number of nitrogens with zero attached hydrogens (tertiary/aromatic N) is 2. The minimum atomic E-state index is -0.287. The van der Waals surface area contributed by atoms with Gasteiger partial charge in [-0.3, -0.25) is 0 Å². The zero-order valence-electron chi connectivity index (χ0n) is 8.94. The predicted octanol–water partition coefficient (Wildman–Crippen LogP) is 1.75. The molecule has 0 aliphatic heterocycles. The number of hydrogen-bond acceptors (Lipinski definition) is 4. The second kappa shape index (κ2) is 3.04. The lowest BCUT2D eigenvalue weighted by Crippen LogP contribution is -2.11. The zero-order valence-corrected chi connectivity index (χ0v) is 8.94. The smallest absolute Gasteiger partial charge is 0.232 e. The minimum absolute atomic E-state index is 0.0774. The van der Waals surface area contributed by atoms with E-state index in [9.17, 15) is 5.11 Å². The molecule has 2 saturated carbocycles. The van der Waals surface area contributed by atoms with Crippen molar-refractivity contribution in [2.75, 3.05) is 0 Å². The van der Waals surface area contributed by atoms with Gasteiger partial charge in [-0.25, -0.2) is 0 Å². The summed E-state index contributed by atoms with van der Waals surface area (Å²) < 4.78 is 5.26. The molecule has 4 nitrogen and oxygen atoms in total. The Morgan fingerprint density at radius 3 is 2.80 bits per heavy atom. The maximum absolute atomic E-state index is 9.74. The van der Waals surface area contributed by atoms with E-state index in [0.717, 1.165) is 37.9 Å². The van der Waals surface area contributed by atoms with Gasteiger partial charge in [0, 0.05) is 5.41 Å². The van der Waals surface area contributed by atoms with Crippen LogP contribution in [0.5, 0.6) is 0 Å². The van der Waals surface area contributed by atoms with Crippen LogP contribution in [0.1, 0.15) is 56.7 Å².